The molecule has 1 N–H and O–H groups in total. The van der Waals surface area contributed by atoms with Gasteiger partial charge in [-0.15, -0.1) is 0 Å². The predicted molar refractivity (Wildman–Crippen MR) is 84.5 cm³/mol. The van der Waals surface area contributed by atoms with E-state index in [0.29, 0.717) is 34.1 Å². The first-order valence-corrected chi connectivity index (χ1v) is 7.66. The van der Waals surface area contributed by atoms with E-state index in [1.807, 2.05) is 0 Å². The molecule has 1 fully saturated rings. The van der Waals surface area contributed by atoms with Crippen molar-refractivity contribution in [2.45, 2.75) is 20.3 Å². The SMILES string of the molecule is C[C@@H]1C[C@@H](C)CN(CC(=O)Nc2cc(Cl)cc(Cl)c2)C1. The number of likely N-dealkylation sites (tertiary alicyclic amines) is 1. The lowest BCUT2D eigenvalue weighted by Gasteiger charge is -2.34. The highest BCUT2D eigenvalue weighted by Gasteiger charge is 2.23. The van der Waals surface area contributed by atoms with Crippen molar-refractivity contribution in [3.05, 3.63) is 28.2 Å². The van der Waals surface area contributed by atoms with Crippen LogP contribution in [0.2, 0.25) is 10.0 Å². The zero-order chi connectivity index (χ0) is 14.7. The van der Waals surface area contributed by atoms with Gasteiger partial charge < -0.3 is 5.32 Å². The second-order valence-corrected chi connectivity index (χ2v) is 6.72. The average molecular weight is 315 g/mol. The van der Waals surface area contributed by atoms with E-state index in [0.717, 1.165) is 13.1 Å². The summed E-state index contributed by atoms with van der Waals surface area (Å²) >= 11 is 11.8. The topological polar surface area (TPSA) is 32.3 Å². The van der Waals surface area contributed by atoms with Crippen molar-refractivity contribution in [3.8, 4) is 0 Å². The number of nitrogens with zero attached hydrogens (tertiary/aromatic N) is 1. The Kier molecular flexibility index (Phi) is 5.30. The molecule has 1 aromatic rings. The van der Waals surface area contributed by atoms with Gasteiger partial charge in [0.05, 0.1) is 6.54 Å². The monoisotopic (exact) mass is 314 g/mol. The Bertz CT molecular complexity index is 463. The van der Waals surface area contributed by atoms with Gasteiger partial charge in [-0.1, -0.05) is 37.0 Å². The molecule has 5 heteroatoms. The lowest BCUT2D eigenvalue weighted by atomic mass is 9.92. The highest BCUT2D eigenvalue weighted by molar-refractivity contribution is 6.35. The highest BCUT2D eigenvalue weighted by Crippen LogP contribution is 2.23. The summed E-state index contributed by atoms with van der Waals surface area (Å²) in [4.78, 5) is 14.3. The average Bonchev–Trinajstić information content (AvgIpc) is 2.24. The third kappa shape index (κ3) is 4.65. The number of carbonyl (C=O) groups excluding carboxylic acids is 1. The number of amides is 1. The van der Waals surface area contributed by atoms with Crippen LogP contribution in [0.5, 0.6) is 0 Å². The van der Waals surface area contributed by atoms with Crippen molar-refractivity contribution in [1.29, 1.82) is 0 Å². The summed E-state index contributed by atoms with van der Waals surface area (Å²) in [5.41, 5.74) is 0.644. The zero-order valence-corrected chi connectivity index (χ0v) is 13.3. The predicted octanol–water partition coefficient (Wildman–Crippen LogP) is 3.91. The number of piperidine rings is 1. The Morgan fingerprint density at radius 2 is 1.75 bits per heavy atom. The molecule has 0 aliphatic carbocycles. The number of halogens is 2. The summed E-state index contributed by atoms with van der Waals surface area (Å²) in [6.07, 6.45) is 1.24. The molecule has 0 unspecified atom stereocenters. The summed E-state index contributed by atoms with van der Waals surface area (Å²) in [5, 5.41) is 3.89. The molecule has 1 amide bonds. The van der Waals surface area contributed by atoms with Crippen LogP contribution in [-0.2, 0) is 4.79 Å². The van der Waals surface area contributed by atoms with Crippen molar-refractivity contribution in [2.24, 2.45) is 11.8 Å². The summed E-state index contributed by atoms with van der Waals surface area (Å²) in [5.74, 6) is 1.27. The summed E-state index contributed by atoms with van der Waals surface area (Å²) in [7, 11) is 0. The zero-order valence-electron chi connectivity index (χ0n) is 11.8. The van der Waals surface area contributed by atoms with E-state index in [1.165, 1.54) is 6.42 Å². The van der Waals surface area contributed by atoms with Crippen LogP contribution in [0.3, 0.4) is 0 Å². The number of nitrogens with one attached hydrogen (secondary N) is 1. The molecular formula is C15H20Cl2N2O. The number of benzene rings is 1. The molecule has 110 valence electrons. The van der Waals surface area contributed by atoms with Gasteiger partial charge >= 0.3 is 0 Å². The van der Waals surface area contributed by atoms with E-state index in [-0.39, 0.29) is 5.91 Å². The molecule has 2 rings (SSSR count). The van der Waals surface area contributed by atoms with Crippen LogP contribution in [0.15, 0.2) is 18.2 Å². The fourth-order valence-corrected chi connectivity index (χ4v) is 3.48. The third-order valence-electron chi connectivity index (χ3n) is 3.46. The molecule has 1 saturated heterocycles. The second kappa shape index (κ2) is 6.79. The summed E-state index contributed by atoms with van der Waals surface area (Å²) in [6.45, 7) is 6.84. The molecule has 0 radical (unpaired) electrons. The first kappa shape index (κ1) is 15.6. The number of hydrogen-bond donors (Lipinski definition) is 1. The minimum absolute atomic E-state index is 0.0235. The molecule has 1 heterocycles. The standard InChI is InChI=1S/C15H20Cl2N2O/c1-10-3-11(2)8-19(7-10)9-15(20)18-14-5-12(16)4-13(17)6-14/h4-6,10-11H,3,7-9H2,1-2H3,(H,18,20)/t10-,11-/m1/s1. The lowest BCUT2D eigenvalue weighted by molar-refractivity contribution is -0.117. The molecule has 0 bridgehead atoms. The minimum atomic E-state index is -0.0235. The Balaban J connectivity index is 1.92. The molecule has 1 aliphatic rings. The third-order valence-corrected chi connectivity index (χ3v) is 3.89. The molecule has 2 atom stereocenters. The van der Waals surface area contributed by atoms with E-state index >= 15 is 0 Å². The molecule has 20 heavy (non-hydrogen) atoms. The molecule has 1 aromatic carbocycles. The Morgan fingerprint density at radius 1 is 1.20 bits per heavy atom. The van der Waals surface area contributed by atoms with Gasteiger partial charge in [0.1, 0.15) is 0 Å². The fraction of sp³-hybridized carbons (Fsp3) is 0.533. The Labute approximate surface area is 130 Å². The number of anilines is 1. The van der Waals surface area contributed by atoms with Crippen LogP contribution in [0, 0.1) is 11.8 Å². The van der Waals surface area contributed by atoms with Crippen LogP contribution < -0.4 is 5.32 Å². The van der Waals surface area contributed by atoms with Gasteiger partial charge in [-0.25, -0.2) is 0 Å². The first-order valence-electron chi connectivity index (χ1n) is 6.90. The van der Waals surface area contributed by atoms with Gasteiger partial charge in [0.25, 0.3) is 0 Å². The number of hydrogen-bond acceptors (Lipinski definition) is 2. The molecule has 0 saturated carbocycles. The van der Waals surface area contributed by atoms with Crippen molar-refractivity contribution >= 4 is 34.8 Å². The van der Waals surface area contributed by atoms with Crippen LogP contribution in [-0.4, -0.2) is 30.4 Å². The highest BCUT2D eigenvalue weighted by atomic mass is 35.5. The quantitative estimate of drug-likeness (QED) is 0.917. The van der Waals surface area contributed by atoms with Gasteiger partial charge in [0.2, 0.25) is 5.91 Å². The Morgan fingerprint density at radius 3 is 2.30 bits per heavy atom. The maximum absolute atomic E-state index is 12.1. The van der Waals surface area contributed by atoms with Crippen LogP contribution >= 0.6 is 23.2 Å². The molecule has 0 aromatic heterocycles. The van der Waals surface area contributed by atoms with Crippen LogP contribution in [0.25, 0.3) is 0 Å². The van der Waals surface area contributed by atoms with Crippen molar-refractivity contribution in [1.82, 2.24) is 4.90 Å². The largest absolute Gasteiger partial charge is 0.325 e. The van der Waals surface area contributed by atoms with Gasteiger partial charge in [0, 0.05) is 28.8 Å². The maximum Gasteiger partial charge on any atom is 0.238 e. The van der Waals surface area contributed by atoms with Crippen molar-refractivity contribution in [3.63, 3.8) is 0 Å². The second-order valence-electron chi connectivity index (χ2n) is 5.85. The van der Waals surface area contributed by atoms with E-state index in [4.69, 9.17) is 23.2 Å². The number of carbonyl (C=O) groups is 1. The lowest BCUT2D eigenvalue weighted by Crippen LogP contribution is -2.42. The van der Waals surface area contributed by atoms with Crippen LogP contribution in [0.1, 0.15) is 20.3 Å². The van der Waals surface area contributed by atoms with Crippen LogP contribution in [0.4, 0.5) is 5.69 Å². The molecular weight excluding hydrogens is 295 g/mol. The molecule has 1 aliphatic heterocycles. The van der Waals surface area contributed by atoms with E-state index < -0.39 is 0 Å². The maximum atomic E-state index is 12.1. The summed E-state index contributed by atoms with van der Waals surface area (Å²) in [6, 6.07) is 5.05. The van der Waals surface area contributed by atoms with Gasteiger partial charge in [-0.2, -0.15) is 0 Å². The number of rotatable bonds is 3. The fourth-order valence-electron chi connectivity index (χ4n) is 2.95. The molecule has 3 nitrogen and oxygen atoms in total. The van der Waals surface area contributed by atoms with Crippen molar-refractivity contribution in [2.75, 3.05) is 25.0 Å². The van der Waals surface area contributed by atoms with Gasteiger partial charge in [0.15, 0.2) is 0 Å². The smallest absolute Gasteiger partial charge is 0.238 e. The Hall–Kier alpha value is -0.770. The van der Waals surface area contributed by atoms with E-state index in [2.05, 4.69) is 24.1 Å². The van der Waals surface area contributed by atoms with E-state index in [9.17, 15) is 4.79 Å². The first-order chi connectivity index (χ1) is 9.42. The van der Waals surface area contributed by atoms with Crippen molar-refractivity contribution < 1.29 is 4.79 Å². The van der Waals surface area contributed by atoms with Gasteiger partial charge in [-0.05, 0) is 36.5 Å². The normalized spacial score (nSPS) is 23.6. The molecule has 0 spiro atoms. The van der Waals surface area contributed by atoms with Gasteiger partial charge in [-0.3, -0.25) is 9.69 Å². The van der Waals surface area contributed by atoms with E-state index in [1.54, 1.807) is 18.2 Å². The summed E-state index contributed by atoms with van der Waals surface area (Å²) < 4.78 is 0. The minimum Gasteiger partial charge on any atom is -0.325 e.